The van der Waals surface area contributed by atoms with E-state index in [1.165, 1.54) is 77.0 Å². The summed E-state index contributed by atoms with van der Waals surface area (Å²) in [4.78, 5) is 14.7. The van der Waals surface area contributed by atoms with Gasteiger partial charge >= 0.3 is 0 Å². The smallest absolute Gasteiger partial charge is 0.229 e. The van der Waals surface area contributed by atoms with Crippen molar-refractivity contribution in [2.75, 3.05) is 24.7 Å². The van der Waals surface area contributed by atoms with Gasteiger partial charge in [-0.3, -0.25) is 0 Å². The maximum Gasteiger partial charge on any atom is 0.229 e. The number of nitrogen functional groups attached to an aromatic ring is 1. The van der Waals surface area contributed by atoms with Crippen molar-refractivity contribution in [1.82, 2.24) is 15.0 Å². The van der Waals surface area contributed by atoms with Gasteiger partial charge in [-0.2, -0.15) is 15.0 Å². The molecular formula is C20H39N5. The van der Waals surface area contributed by atoms with E-state index in [0.29, 0.717) is 11.9 Å². The van der Waals surface area contributed by atoms with Crippen LogP contribution in [0.1, 0.15) is 96.2 Å². The number of aryl methyl sites for hydroxylation is 1. The monoisotopic (exact) mass is 349 g/mol. The average molecular weight is 350 g/mol. The predicted octanol–water partition coefficient (Wildman–Crippen LogP) is 5.15. The molecule has 1 aromatic heterocycles. The van der Waals surface area contributed by atoms with Gasteiger partial charge < -0.3 is 10.6 Å². The molecule has 0 atom stereocenters. The summed E-state index contributed by atoms with van der Waals surface area (Å²) in [5, 5.41) is 0. The van der Waals surface area contributed by atoms with Crippen LogP contribution in [0.4, 0.5) is 11.9 Å². The lowest BCUT2D eigenvalue weighted by Crippen LogP contribution is -2.16. The van der Waals surface area contributed by atoms with Gasteiger partial charge in [-0.25, -0.2) is 0 Å². The standard InChI is InChI=1S/C20H39N5/c1-4-5-6-7-8-9-10-11-12-13-14-15-16-17-18-22-19(21)24-20(23-18)25(2)3/h4-17H2,1-3H3,(H2,21,22,23,24). The molecule has 0 bridgehead atoms. The van der Waals surface area contributed by atoms with Crippen LogP contribution in [0.5, 0.6) is 0 Å². The number of hydrogen-bond donors (Lipinski definition) is 1. The summed E-state index contributed by atoms with van der Waals surface area (Å²) < 4.78 is 0. The van der Waals surface area contributed by atoms with Crippen molar-refractivity contribution in [3.05, 3.63) is 5.82 Å². The second kappa shape index (κ2) is 13.9. The summed E-state index contributed by atoms with van der Waals surface area (Å²) >= 11 is 0. The highest BCUT2D eigenvalue weighted by atomic mass is 15.3. The zero-order valence-corrected chi connectivity index (χ0v) is 16.8. The molecule has 1 rings (SSSR count). The van der Waals surface area contributed by atoms with E-state index in [-0.39, 0.29) is 0 Å². The van der Waals surface area contributed by atoms with Gasteiger partial charge in [0.1, 0.15) is 5.82 Å². The van der Waals surface area contributed by atoms with Crippen molar-refractivity contribution in [2.24, 2.45) is 0 Å². The van der Waals surface area contributed by atoms with Crippen molar-refractivity contribution in [3.63, 3.8) is 0 Å². The number of nitrogens with two attached hydrogens (primary N) is 1. The molecule has 5 heteroatoms. The number of anilines is 2. The SMILES string of the molecule is CCCCCCCCCCCCCCCc1nc(N)nc(N(C)C)n1. The second-order valence-electron chi connectivity index (χ2n) is 7.30. The van der Waals surface area contributed by atoms with Crippen LogP contribution in [0, 0.1) is 0 Å². The number of aromatic nitrogens is 3. The fourth-order valence-corrected chi connectivity index (χ4v) is 3.04. The van der Waals surface area contributed by atoms with E-state index >= 15 is 0 Å². The third kappa shape index (κ3) is 11.0. The fourth-order valence-electron chi connectivity index (χ4n) is 3.04. The minimum absolute atomic E-state index is 0.323. The zero-order chi connectivity index (χ0) is 18.3. The molecule has 2 N–H and O–H groups in total. The molecule has 5 nitrogen and oxygen atoms in total. The normalized spacial score (nSPS) is 11.0. The summed E-state index contributed by atoms with van der Waals surface area (Å²) in [6.07, 6.45) is 18.7. The maximum atomic E-state index is 5.75. The van der Waals surface area contributed by atoms with Gasteiger partial charge in [0.25, 0.3) is 0 Å². The molecule has 1 aromatic rings. The summed E-state index contributed by atoms with van der Waals surface area (Å²) in [6.45, 7) is 2.28. The maximum absolute atomic E-state index is 5.75. The summed E-state index contributed by atoms with van der Waals surface area (Å²) in [5.74, 6) is 1.79. The number of rotatable bonds is 15. The average Bonchev–Trinajstić information content (AvgIpc) is 2.58. The number of unbranched alkanes of at least 4 members (excludes halogenated alkanes) is 12. The van der Waals surface area contributed by atoms with Gasteiger partial charge in [-0.05, 0) is 6.42 Å². The van der Waals surface area contributed by atoms with Crippen molar-refractivity contribution in [1.29, 1.82) is 0 Å². The lowest BCUT2D eigenvalue weighted by molar-refractivity contribution is 0.538. The van der Waals surface area contributed by atoms with Crippen LogP contribution in [-0.4, -0.2) is 29.0 Å². The Balaban J connectivity index is 1.97. The van der Waals surface area contributed by atoms with Crippen LogP contribution >= 0.6 is 0 Å². The highest BCUT2D eigenvalue weighted by Gasteiger charge is 2.05. The van der Waals surface area contributed by atoms with E-state index in [9.17, 15) is 0 Å². The second-order valence-corrected chi connectivity index (χ2v) is 7.30. The third-order valence-corrected chi connectivity index (χ3v) is 4.59. The van der Waals surface area contributed by atoms with Crippen LogP contribution in [0.25, 0.3) is 0 Å². The first-order chi connectivity index (χ1) is 12.1. The van der Waals surface area contributed by atoms with E-state index < -0.39 is 0 Å². The van der Waals surface area contributed by atoms with Crippen molar-refractivity contribution in [3.8, 4) is 0 Å². The number of hydrogen-bond acceptors (Lipinski definition) is 5. The van der Waals surface area contributed by atoms with Gasteiger partial charge in [0.05, 0.1) is 0 Å². The van der Waals surface area contributed by atoms with Gasteiger partial charge in [0.2, 0.25) is 11.9 Å². The number of nitrogens with zero attached hydrogens (tertiary/aromatic N) is 4. The molecule has 0 saturated heterocycles. The Bertz CT molecular complexity index is 448. The topological polar surface area (TPSA) is 67.9 Å². The molecule has 0 aliphatic carbocycles. The minimum atomic E-state index is 0.323. The van der Waals surface area contributed by atoms with Crippen LogP contribution in [0.3, 0.4) is 0 Å². The first kappa shape index (κ1) is 21.7. The first-order valence-electron chi connectivity index (χ1n) is 10.3. The van der Waals surface area contributed by atoms with Gasteiger partial charge in [0.15, 0.2) is 0 Å². The molecular weight excluding hydrogens is 310 g/mol. The van der Waals surface area contributed by atoms with Crippen LogP contribution in [0.2, 0.25) is 0 Å². The van der Waals surface area contributed by atoms with Gasteiger partial charge in [-0.15, -0.1) is 0 Å². The quantitative estimate of drug-likeness (QED) is 0.443. The molecule has 144 valence electrons. The van der Waals surface area contributed by atoms with E-state index in [2.05, 4.69) is 21.9 Å². The van der Waals surface area contributed by atoms with Gasteiger partial charge in [-0.1, -0.05) is 84.0 Å². The molecule has 0 aliphatic heterocycles. The summed E-state index contributed by atoms with van der Waals surface area (Å²) in [7, 11) is 3.84. The molecule has 0 amide bonds. The van der Waals surface area contributed by atoms with Crippen molar-refractivity contribution in [2.45, 2.75) is 96.8 Å². The molecule has 0 aromatic carbocycles. The van der Waals surface area contributed by atoms with E-state index in [0.717, 1.165) is 18.7 Å². The van der Waals surface area contributed by atoms with E-state index in [1.54, 1.807) is 0 Å². The third-order valence-electron chi connectivity index (χ3n) is 4.59. The largest absolute Gasteiger partial charge is 0.368 e. The molecule has 0 fully saturated rings. The van der Waals surface area contributed by atoms with E-state index in [1.807, 2.05) is 19.0 Å². The molecule has 1 heterocycles. The molecule has 0 aliphatic rings. The molecule has 0 saturated carbocycles. The first-order valence-corrected chi connectivity index (χ1v) is 10.3. The van der Waals surface area contributed by atoms with Crippen molar-refractivity contribution >= 4 is 11.9 Å². The highest BCUT2D eigenvalue weighted by molar-refractivity contribution is 5.32. The predicted molar refractivity (Wildman–Crippen MR) is 108 cm³/mol. The lowest BCUT2D eigenvalue weighted by atomic mass is 10.0. The Morgan fingerprint density at radius 3 is 1.64 bits per heavy atom. The Morgan fingerprint density at radius 2 is 1.16 bits per heavy atom. The Morgan fingerprint density at radius 1 is 0.680 bits per heavy atom. The Hall–Kier alpha value is -1.39. The van der Waals surface area contributed by atoms with Crippen molar-refractivity contribution < 1.29 is 0 Å². The summed E-state index contributed by atoms with van der Waals surface area (Å²) in [5.41, 5.74) is 5.75. The van der Waals surface area contributed by atoms with Gasteiger partial charge in [0, 0.05) is 20.5 Å². The minimum Gasteiger partial charge on any atom is -0.368 e. The summed E-state index contributed by atoms with van der Waals surface area (Å²) in [6, 6.07) is 0. The van der Waals surface area contributed by atoms with Crippen LogP contribution < -0.4 is 10.6 Å². The van der Waals surface area contributed by atoms with E-state index in [4.69, 9.17) is 5.73 Å². The zero-order valence-electron chi connectivity index (χ0n) is 16.8. The highest BCUT2D eigenvalue weighted by Crippen LogP contribution is 2.13. The van der Waals surface area contributed by atoms with Crippen LogP contribution in [0.15, 0.2) is 0 Å². The Labute approximate surface area is 154 Å². The molecule has 25 heavy (non-hydrogen) atoms. The Kier molecular flexibility index (Phi) is 12.0. The fraction of sp³-hybridized carbons (Fsp3) is 0.850. The van der Waals surface area contributed by atoms with Crippen LogP contribution in [-0.2, 0) is 6.42 Å². The lowest BCUT2D eigenvalue weighted by Gasteiger charge is -2.11. The molecule has 0 unspecified atom stereocenters. The molecule has 0 radical (unpaired) electrons. The molecule has 0 spiro atoms.